The molecule has 3 rings (SSSR count). The van der Waals surface area contributed by atoms with Crippen molar-refractivity contribution in [1.82, 2.24) is 9.78 Å². The molecule has 0 bridgehead atoms. The zero-order chi connectivity index (χ0) is 19.8. The molecule has 3 aromatic rings. The van der Waals surface area contributed by atoms with Crippen LogP contribution < -0.4 is 4.18 Å². The van der Waals surface area contributed by atoms with Crippen LogP contribution in [0.1, 0.15) is 26.5 Å². The zero-order valence-electron chi connectivity index (χ0n) is 15.0. The van der Waals surface area contributed by atoms with Crippen LogP contribution in [0.2, 0.25) is 10.0 Å². The molecule has 5 nitrogen and oxygen atoms in total. The lowest BCUT2D eigenvalue weighted by Crippen LogP contribution is -2.13. The van der Waals surface area contributed by atoms with E-state index in [9.17, 15) is 8.42 Å². The average Bonchev–Trinajstić information content (AvgIpc) is 3.01. The summed E-state index contributed by atoms with van der Waals surface area (Å²) >= 11 is 12.0. The van der Waals surface area contributed by atoms with Gasteiger partial charge in [-0.1, -0.05) is 62.2 Å². The SMILES string of the molecule is CC(C)(C)c1cc(OS(=O)(=O)c2cc(Cl)ccc2Cl)n(-c2ccccc2)n1. The van der Waals surface area contributed by atoms with Crippen LogP contribution in [0.15, 0.2) is 59.5 Å². The van der Waals surface area contributed by atoms with Crippen molar-refractivity contribution in [2.75, 3.05) is 0 Å². The Labute approximate surface area is 168 Å². The van der Waals surface area contributed by atoms with Gasteiger partial charge in [0.25, 0.3) is 0 Å². The molecule has 0 aliphatic rings. The standard InChI is InChI=1S/C19H18Cl2N2O3S/c1-19(2,3)17-12-18(23(22-17)14-7-5-4-6-8-14)26-27(24,25)16-11-13(20)9-10-15(16)21/h4-12H,1-3H3. The van der Waals surface area contributed by atoms with Gasteiger partial charge in [-0.25, -0.2) is 0 Å². The van der Waals surface area contributed by atoms with Crippen molar-refractivity contribution in [1.29, 1.82) is 0 Å². The van der Waals surface area contributed by atoms with Gasteiger partial charge in [0, 0.05) is 16.5 Å². The average molecular weight is 425 g/mol. The molecule has 2 aromatic carbocycles. The van der Waals surface area contributed by atoms with Crippen molar-refractivity contribution in [3.05, 3.63) is 70.3 Å². The summed E-state index contributed by atoms with van der Waals surface area (Å²) < 4.78 is 32.5. The van der Waals surface area contributed by atoms with Gasteiger partial charge in [0.1, 0.15) is 4.90 Å². The molecule has 27 heavy (non-hydrogen) atoms. The van der Waals surface area contributed by atoms with E-state index in [1.54, 1.807) is 6.07 Å². The Kier molecular flexibility index (Phi) is 5.25. The molecule has 0 atom stereocenters. The highest BCUT2D eigenvalue weighted by Crippen LogP contribution is 2.31. The first-order valence-corrected chi connectivity index (χ1v) is 10.3. The van der Waals surface area contributed by atoms with Crippen LogP contribution in [0.3, 0.4) is 0 Å². The minimum absolute atomic E-state index is 0.0289. The van der Waals surface area contributed by atoms with E-state index in [1.165, 1.54) is 22.9 Å². The Morgan fingerprint density at radius 2 is 1.67 bits per heavy atom. The molecule has 1 heterocycles. The molecule has 8 heteroatoms. The zero-order valence-corrected chi connectivity index (χ0v) is 17.3. The number of aromatic nitrogens is 2. The van der Waals surface area contributed by atoms with Gasteiger partial charge in [-0.15, -0.1) is 0 Å². The summed E-state index contributed by atoms with van der Waals surface area (Å²) in [7, 11) is -4.21. The molecule has 0 saturated heterocycles. The first-order chi connectivity index (χ1) is 12.6. The monoisotopic (exact) mass is 424 g/mol. The lowest BCUT2D eigenvalue weighted by Gasteiger charge is -2.13. The number of hydrogen-bond donors (Lipinski definition) is 0. The predicted octanol–water partition coefficient (Wildman–Crippen LogP) is 5.24. The minimum atomic E-state index is -4.21. The molecular weight excluding hydrogens is 407 g/mol. The second-order valence-electron chi connectivity index (χ2n) is 6.98. The van der Waals surface area contributed by atoms with Gasteiger partial charge in [0.2, 0.25) is 5.88 Å². The highest BCUT2D eigenvalue weighted by Gasteiger charge is 2.27. The summed E-state index contributed by atoms with van der Waals surface area (Å²) in [6.07, 6.45) is 0. The van der Waals surface area contributed by atoms with Crippen LogP contribution in [0, 0.1) is 0 Å². The molecule has 0 radical (unpaired) electrons. The first-order valence-electron chi connectivity index (χ1n) is 8.13. The molecule has 0 aliphatic carbocycles. The van der Waals surface area contributed by atoms with Crippen LogP contribution in [-0.2, 0) is 15.5 Å². The molecule has 0 amide bonds. The quantitative estimate of drug-likeness (QED) is 0.536. The normalized spacial score (nSPS) is 12.2. The number of rotatable bonds is 4. The van der Waals surface area contributed by atoms with Gasteiger partial charge in [-0.2, -0.15) is 18.2 Å². The smallest absolute Gasteiger partial charge is 0.342 e. The molecule has 0 unspecified atom stereocenters. The third-order valence-electron chi connectivity index (χ3n) is 3.80. The maximum Gasteiger partial charge on any atom is 0.342 e. The second-order valence-corrected chi connectivity index (χ2v) is 9.34. The van der Waals surface area contributed by atoms with Crippen molar-refractivity contribution in [2.24, 2.45) is 0 Å². The summed E-state index contributed by atoms with van der Waals surface area (Å²) in [5, 5.41) is 4.81. The number of nitrogens with zero attached hydrogens (tertiary/aromatic N) is 2. The molecule has 0 N–H and O–H groups in total. The Bertz CT molecular complexity index is 1070. The van der Waals surface area contributed by atoms with E-state index >= 15 is 0 Å². The molecule has 0 saturated carbocycles. The minimum Gasteiger partial charge on any atom is -0.358 e. The van der Waals surface area contributed by atoms with Gasteiger partial charge >= 0.3 is 10.1 Å². The van der Waals surface area contributed by atoms with E-state index in [1.807, 2.05) is 51.1 Å². The summed E-state index contributed by atoms with van der Waals surface area (Å²) in [6.45, 7) is 5.95. The van der Waals surface area contributed by atoms with Crippen molar-refractivity contribution in [3.8, 4) is 11.6 Å². The Balaban J connectivity index is 2.11. The summed E-state index contributed by atoms with van der Waals surface area (Å²) in [5.41, 5.74) is 1.07. The highest BCUT2D eigenvalue weighted by molar-refractivity contribution is 7.87. The summed E-state index contributed by atoms with van der Waals surface area (Å²) in [4.78, 5) is -0.199. The van der Waals surface area contributed by atoms with E-state index in [4.69, 9.17) is 27.4 Å². The molecule has 142 valence electrons. The third-order valence-corrected chi connectivity index (χ3v) is 5.75. The fourth-order valence-corrected chi connectivity index (χ4v) is 4.02. The number of para-hydroxylation sites is 1. The van der Waals surface area contributed by atoms with Gasteiger partial charge in [-0.05, 0) is 30.3 Å². The maximum absolute atomic E-state index is 12.8. The lowest BCUT2D eigenvalue weighted by atomic mass is 9.93. The van der Waals surface area contributed by atoms with E-state index in [0.29, 0.717) is 11.4 Å². The Hall–Kier alpha value is -2.02. The van der Waals surface area contributed by atoms with Crippen LogP contribution in [0.25, 0.3) is 5.69 Å². The molecule has 0 aliphatic heterocycles. The lowest BCUT2D eigenvalue weighted by molar-refractivity contribution is 0.465. The van der Waals surface area contributed by atoms with Crippen molar-refractivity contribution in [2.45, 2.75) is 31.1 Å². The summed E-state index contributed by atoms with van der Waals surface area (Å²) in [6, 6.07) is 14.9. The van der Waals surface area contributed by atoms with Crippen molar-refractivity contribution in [3.63, 3.8) is 0 Å². The largest absolute Gasteiger partial charge is 0.358 e. The Morgan fingerprint density at radius 3 is 2.30 bits per heavy atom. The number of halogens is 2. The topological polar surface area (TPSA) is 61.2 Å². The van der Waals surface area contributed by atoms with E-state index in [0.717, 1.165) is 0 Å². The summed E-state index contributed by atoms with van der Waals surface area (Å²) in [5.74, 6) is 0.0715. The molecular formula is C19H18Cl2N2O3S. The van der Waals surface area contributed by atoms with Gasteiger partial charge in [0.05, 0.1) is 16.4 Å². The number of benzene rings is 2. The highest BCUT2D eigenvalue weighted by atomic mass is 35.5. The molecule has 0 fully saturated rings. The van der Waals surface area contributed by atoms with Gasteiger partial charge in [0.15, 0.2) is 0 Å². The van der Waals surface area contributed by atoms with E-state index in [2.05, 4.69) is 5.10 Å². The van der Waals surface area contributed by atoms with Crippen molar-refractivity contribution < 1.29 is 12.6 Å². The van der Waals surface area contributed by atoms with Gasteiger partial charge < -0.3 is 4.18 Å². The predicted molar refractivity (Wildman–Crippen MR) is 107 cm³/mol. The molecule has 1 aromatic heterocycles. The third kappa shape index (κ3) is 4.29. The fourth-order valence-electron chi connectivity index (χ4n) is 2.37. The van der Waals surface area contributed by atoms with Gasteiger partial charge in [-0.3, -0.25) is 0 Å². The van der Waals surface area contributed by atoms with Crippen LogP contribution in [-0.4, -0.2) is 18.2 Å². The van der Waals surface area contributed by atoms with E-state index < -0.39 is 10.1 Å². The first kappa shape index (κ1) is 19.7. The van der Waals surface area contributed by atoms with Crippen LogP contribution in [0.5, 0.6) is 5.88 Å². The van der Waals surface area contributed by atoms with Crippen LogP contribution in [0.4, 0.5) is 0 Å². The fraction of sp³-hybridized carbons (Fsp3) is 0.211. The van der Waals surface area contributed by atoms with Crippen molar-refractivity contribution >= 4 is 33.3 Å². The van der Waals surface area contributed by atoms with E-state index in [-0.39, 0.29) is 26.2 Å². The van der Waals surface area contributed by atoms with Crippen LogP contribution >= 0.6 is 23.2 Å². The Morgan fingerprint density at radius 1 is 1.00 bits per heavy atom. The maximum atomic E-state index is 12.8. The molecule has 0 spiro atoms. The second kappa shape index (κ2) is 7.19. The number of hydrogen-bond acceptors (Lipinski definition) is 4.